The van der Waals surface area contributed by atoms with Gasteiger partial charge in [-0.1, -0.05) is 26.0 Å². The Kier molecular flexibility index (Phi) is 3.60. The first-order chi connectivity index (χ1) is 9.80. The number of sulfonamides is 1. The van der Waals surface area contributed by atoms with Crippen LogP contribution in [0.3, 0.4) is 0 Å². The molecule has 3 atom stereocenters. The van der Waals surface area contributed by atoms with E-state index in [4.69, 9.17) is 9.88 Å². The van der Waals surface area contributed by atoms with Gasteiger partial charge in [0.15, 0.2) is 0 Å². The Labute approximate surface area is 125 Å². The van der Waals surface area contributed by atoms with E-state index in [9.17, 15) is 8.42 Å². The number of hydrogen-bond donors (Lipinski definition) is 2. The Morgan fingerprint density at radius 2 is 2.19 bits per heavy atom. The summed E-state index contributed by atoms with van der Waals surface area (Å²) < 4.78 is 28.5. The minimum Gasteiger partial charge on any atom is -0.377 e. The summed E-state index contributed by atoms with van der Waals surface area (Å²) in [5, 5.41) is 8.73. The molecule has 0 amide bonds. The number of rotatable bonds is 4. The summed E-state index contributed by atoms with van der Waals surface area (Å²) in [6.45, 7) is 5.92. The minimum absolute atomic E-state index is 0.124. The van der Waals surface area contributed by atoms with Crippen molar-refractivity contribution in [3.8, 4) is 0 Å². The molecule has 0 aromatic heterocycles. The number of primary sulfonamides is 1. The molecule has 3 unspecified atom stereocenters. The largest absolute Gasteiger partial charge is 0.377 e. The van der Waals surface area contributed by atoms with E-state index < -0.39 is 10.0 Å². The van der Waals surface area contributed by atoms with E-state index in [1.54, 1.807) is 12.1 Å². The predicted octanol–water partition coefficient (Wildman–Crippen LogP) is 1.24. The highest BCUT2D eigenvalue weighted by Crippen LogP contribution is 2.52. The van der Waals surface area contributed by atoms with E-state index in [1.807, 2.05) is 6.07 Å². The molecule has 2 aliphatic rings. The fourth-order valence-electron chi connectivity index (χ4n) is 3.80. The Balaban J connectivity index is 1.69. The molecule has 0 bridgehead atoms. The maximum atomic E-state index is 11.4. The van der Waals surface area contributed by atoms with Crippen LogP contribution < -0.4 is 10.5 Å². The lowest BCUT2D eigenvalue weighted by Gasteiger charge is -2.55. The van der Waals surface area contributed by atoms with E-state index in [0.29, 0.717) is 24.6 Å². The Morgan fingerprint density at radius 1 is 1.43 bits per heavy atom. The van der Waals surface area contributed by atoms with Crippen LogP contribution in [0.5, 0.6) is 0 Å². The summed E-state index contributed by atoms with van der Waals surface area (Å²) in [6, 6.07) is 7.20. The first-order valence-corrected chi connectivity index (χ1v) is 8.81. The Bertz CT molecular complexity index is 642. The number of nitrogens with two attached hydrogens (primary N) is 1. The first-order valence-electron chi connectivity index (χ1n) is 7.27. The predicted molar refractivity (Wildman–Crippen MR) is 80.1 cm³/mol. The molecule has 6 heteroatoms. The van der Waals surface area contributed by atoms with Crippen molar-refractivity contribution < 1.29 is 13.2 Å². The molecular weight excluding hydrogens is 288 g/mol. The number of ether oxygens (including phenoxy) is 1. The van der Waals surface area contributed by atoms with Crippen molar-refractivity contribution in [1.82, 2.24) is 5.32 Å². The SMILES string of the molecule is CC1(C)C(NCc2cccc(S(N)(=O)=O)c2)C2CCOC21. The van der Waals surface area contributed by atoms with Crippen LogP contribution in [0.1, 0.15) is 25.8 Å². The monoisotopic (exact) mass is 310 g/mol. The highest BCUT2D eigenvalue weighted by Gasteiger charge is 2.58. The van der Waals surface area contributed by atoms with Crippen LogP contribution in [-0.4, -0.2) is 27.2 Å². The maximum Gasteiger partial charge on any atom is 0.238 e. The van der Waals surface area contributed by atoms with Gasteiger partial charge in [-0.15, -0.1) is 0 Å². The Hall–Kier alpha value is -0.950. The van der Waals surface area contributed by atoms with Crippen LogP contribution in [-0.2, 0) is 21.3 Å². The molecule has 1 aliphatic carbocycles. The van der Waals surface area contributed by atoms with Gasteiger partial charge in [-0.25, -0.2) is 13.6 Å². The van der Waals surface area contributed by atoms with Crippen LogP contribution in [0.25, 0.3) is 0 Å². The molecule has 5 nitrogen and oxygen atoms in total. The van der Waals surface area contributed by atoms with Gasteiger partial charge in [0.25, 0.3) is 0 Å². The molecule has 3 rings (SSSR count). The second kappa shape index (κ2) is 5.05. The summed E-state index contributed by atoms with van der Waals surface area (Å²) in [6.07, 6.45) is 1.45. The van der Waals surface area contributed by atoms with Crippen LogP contribution in [0.4, 0.5) is 0 Å². The number of hydrogen-bond acceptors (Lipinski definition) is 4. The van der Waals surface area contributed by atoms with Crippen molar-refractivity contribution in [3.63, 3.8) is 0 Å². The van der Waals surface area contributed by atoms with E-state index in [1.165, 1.54) is 6.07 Å². The third-order valence-corrected chi connectivity index (χ3v) is 5.76. The van der Waals surface area contributed by atoms with Gasteiger partial charge in [0.1, 0.15) is 0 Å². The standard InChI is InChI=1S/C15H22N2O3S/c1-15(2)13(12-6-7-20-14(12)15)17-9-10-4-3-5-11(8-10)21(16,18)19/h3-5,8,12-14,17H,6-7,9H2,1-2H3,(H2,16,18,19). The zero-order valence-corrected chi connectivity index (χ0v) is 13.2. The average Bonchev–Trinajstić information content (AvgIpc) is 2.85. The number of benzene rings is 1. The minimum atomic E-state index is -3.64. The van der Waals surface area contributed by atoms with Crippen LogP contribution in [0, 0.1) is 11.3 Å². The molecule has 1 aliphatic heterocycles. The molecule has 1 heterocycles. The molecule has 1 saturated heterocycles. The number of nitrogens with one attached hydrogen (secondary N) is 1. The molecule has 116 valence electrons. The second-order valence-corrected chi connectivity index (χ2v) is 8.18. The van der Waals surface area contributed by atoms with Crippen molar-refractivity contribution in [2.75, 3.05) is 6.61 Å². The quantitative estimate of drug-likeness (QED) is 0.876. The van der Waals surface area contributed by atoms with Crippen molar-refractivity contribution in [3.05, 3.63) is 29.8 Å². The molecule has 21 heavy (non-hydrogen) atoms. The molecule has 1 aromatic carbocycles. The van der Waals surface area contributed by atoms with Crippen molar-refractivity contribution in [2.24, 2.45) is 16.5 Å². The normalized spacial score (nSPS) is 30.7. The lowest BCUT2D eigenvalue weighted by atomic mass is 9.57. The van der Waals surface area contributed by atoms with Gasteiger partial charge >= 0.3 is 0 Å². The lowest BCUT2D eigenvalue weighted by molar-refractivity contribution is -0.113. The third-order valence-electron chi connectivity index (χ3n) is 4.85. The highest BCUT2D eigenvalue weighted by molar-refractivity contribution is 7.89. The van der Waals surface area contributed by atoms with Gasteiger partial charge in [-0.3, -0.25) is 0 Å². The summed E-state index contributed by atoms with van der Waals surface area (Å²) in [5.41, 5.74) is 1.05. The Morgan fingerprint density at radius 3 is 2.90 bits per heavy atom. The lowest BCUT2D eigenvalue weighted by Crippen LogP contribution is -2.65. The smallest absolute Gasteiger partial charge is 0.238 e. The highest BCUT2D eigenvalue weighted by atomic mass is 32.2. The first kappa shape index (κ1) is 15.0. The number of fused-ring (bicyclic) bond motifs is 1. The average molecular weight is 310 g/mol. The fourth-order valence-corrected chi connectivity index (χ4v) is 4.38. The van der Waals surface area contributed by atoms with Crippen molar-refractivity contribution >= 4 is 10.0 Å². The topological polar surface area (TPSA) is 81.4 Å². The van der Waals surface area contributed by atoms with Crippen LogP contribution in [0.15, 0.2) is 29.2 Å². The van der Waals surface area contributed by atoms with Crippen molar-refractivity contribution in [1.29, 1.82) is 0 Å². The fraction of sp³-hybridized carbons (Fsp3) is 0.600. The zero-order valence-electron chi connectivity index (χ0n) is 12.4. The summed E-state index contributed by atoms with van der Waals surface area (Å²) in [4.78, 5) is 0.164. The summed E-state index contributed by atoms with van der Waals surface area (Å²) in [5.74, 6) is 0.571. The van der Waals surface area contributed by atoms with E-state index in [-0.39, 0.29) is 10.3 Å². The molecule has 1 saturated carbocycles. The zero-order chi connectivity index (χ0) is 15.3. The van der Waals surface area contributed by atoms with Crippen molar-refractivity contribution in [2.45, 2.75) is 43.9 Å². The molecule has 0 radical (unpaired) electrons. The van der Waals surface area contributed by atoms with Gasteiger partial charge in [0, 0.05) is 30.5 Å². The molecule has 1 aromatic rings. The molecule has 3 N–H and O–H groups in total. The molecular formula is C15H22N2O3S. The van der Waals surface area contributed by atoms with E-state index >= 15 is 0 Å². The van der Waals surface area contributed by atoms with E-state index in [0.717, 1.165) is 18.6 Å². The van der Waals surface area contributed by atoms with Gasteiger partial charge in [-0.2, -0.15) is 0 Å². The van der Waals surface area contributed by atoms with Gasteiger partial charge < -0.3 is 10.1 Å². The van der Waals surface area contributed by atoms with Crippen LogP contribution >= 0.6 is 0 Å². The van der Waals surface area contributed by atoms with Crippen LogP contribution in [0.2, 0.25) is 0 Å². The summed E-state index contributed by atoms with van der Waals surface area (Å²) >= 11 is 0. The molecule has 0 spiro atoms. The van der Waals surface area contributed by atoms with Gasteiger partial charge in [0.2, 0.25) is 10.0 Å². The van der Waals surface area contributed by atoms with Gasteiger partial charge in [0.05, 0.1) is 11.0 Å². The molecule has 2 fully saturated rings. The van der Waals surface area contributed by atoms with E-state index in [2.05, 4.69) is 19.2 Å². The van der Waals surface area contributed by atoms with Gasteiger partial charge in [-0.05, 0) is 24.1 Å². The third kappa shape index (κ3) is 2.61. The second-order valence-electron chi connectivity index (χ2n) is 6.62. The summed E-state index contributed by atoms with van der Waals surface area (Å²) in [7, 11) is -3.64. The maximum absolute atomic E-state index is 11.4.